The summed E-state index contributed by atoms with van der Waals surface area (Å²) in [5, 5.41) is 10.9. The molecule has 0 saturated carbocycles. The molecule has 1 amide bonds. The third-order valence-corrected chi connectivity index (χ3v) is 4.82. The number of carbonyl (C=O) groups excluding carboxylic acids is 1. The van der Waals surface area contributed by atoms with E-state index in [1.54, 1.807) is 6.20 Å². The number of aromatic amines is 1. The van der Waals surface area contributed by atoms with Crippen molar-refractivity contribution in [2.75, 3.05) is 5.32 Å². The molecule has 0 aliphatic heterocycles. The van der Waals surface area contributed by atoms with Gasteiger partial charge in [0.15, 0.2) is 0 Å². The molecule has 5 aromatic rings. The van der Waals surface area contributed by atoms with Crippen LogP contribution < -0.4 is 5.32 Å². The first-order chi connectivity index (χ1) is 13.7. The molecule has 6 heteroatoms. The average molecular weight is 367 g/mol. The highest BCUT2D eigenvalue weighted by Gasteiger charge is 2.14. The number of rotatable bonds is 3. The van der Waals surface area contributed by atoms with Gasteiger partial charge in [-0.2, -0.15) is 5.10 Å². The minimum Gasteiger partial charge on any atom is -0.320 e. The SMILES string of the molecule is Cc1nc2cc(C(=O)Nc3cccc4cn[nH]c34)ccc2n1-c1ccccc1. The van der Waals surface area contributed by atoms with Crippen LogP contribution in [0.4, 0.5) is 5.69 Å². The second kappa shape index (κ2) is 6.35. The predicted octanol–water partition coefficient (Wildman–Crippen LogP) is 4.46. The Morgan fingerprint density at radius 1 is 1.04 bits per heavy atom. The zero-order valence-electron chi connectivity index (χ0n) is 15.2. The number of aromatic nitrogens is 4. The lowest BCUT2D eigenvalue weighted by molar-refractivity contribution is 0.102. The fourth-order valence-electron chi connectivity index (χ4n) is 3.51. The monoisotopic (exact) mass is 367 g/mol. The Kier molecular flexibility index (Phi) is 3.69. The molecule has 2 N–H and O–H groups in total. The van der Waals surface area contributed by atoms with Gasteiger partial charge in [-0.15, -0.1) is 0 Å². The van der Waals surface area contributed by atoms with Crippen LogP contribution in [-0.4, -0.2) is 25.7 Å². The van der Waals surface area contributed by atoms with E-state index in [1.807, 2.05) is 73.7 Å². The number of H-pyrrole nitrogens is 1. The summed E-state index contributed by atoms with van der Waals surface area (Å²) in [5.41, 5.74) is 4.87. The van der Waals surface area contributed by atoms with Crippen molar-refractivity contribution < 1.29 is 4.79 Å². The number of amides is 1. The second-order valence-electron chi connectivity index (χ2n) is 6.63. The molecule has 2 heterocycles. The number of benzene rings is 3. The largest absolute Gasteiger partial charge is 0.320 e. The van der Waals surface area contributed by atoms with Gasteiger partial charge in [0.25, 0.3) is 5.91 Å². The lowest BCUT2D eigenvalue weighted by Crippen LogP contribution is -2.12. The molecule has 5 rings (SSSR count). The zero-order valence-corrected chi connectivity index (χ0v) is 15.2. The van der Waals surface area contributed by atoms with Crippen LogP contribution in [0.1, 0.15) is 16.2 Å². The van der Waals surface area contributed by atoms with E-state index in [4.69, 9.17) is 0 Å². The first kappa shape index (κ1) is 16.3. The molecule has 0 bridgehead atoms. The number of para-hydroxylation sites is 2. The minimum atomic E-state index is -0.184. The Morgan fingerprint density at radius 3 is 2.75 bits per heavy atom. The lowest BCUT2D eigenvalue weighted by Gasteiger charge is -2.08. The third kappa shape index (κ3) is 2.63. The molecule has 136 valence electrons. The number of imidazole rings is 1. The van der Waals surface area contributed by atoms with E-state index in [9.17, 15) is 4.79 Å². The fraction of sp³-hybridized carbons (Fsp3) is 0.0455. The Balaban J connectivity index is 1.52. The summed E-state index contributed by atoms with van der Waals surface area (Å²) in [5.74, 6) is 0.692. The van der Waals surface area contributed by atoms with Gasteiger partial charge in [0, 0.05) is 16.6 Å². The van der Waals surface area contributed by atoms with Crippen LogP contribution in [0.2, 0.25) is 0 Å². The molecular formula is C22H17N5O. The number of nitrogens with zero attached hydrogens (tertiary/aromatic N) is 3. The van der Waals surface area contributed by atoms with Crippen molar-refractivity contribution in [3.8, 4) is 5.69 Å². The number of carbonyl (C=O) groups is 1. The number of aryl methyl sites for hydroxylation is 1. The normalized spacial score (nSPS) is 11.2. The summed E-state index contributed by atoms with van der Waals surface area (Å²) in [4.78, 5) is 17.5. The van der Waals surface area contributed by atoms with Crippen molar-refractivity contribution in [2.24, 2.45) is 0 Å². The first-order valence-electron chi connectivity index (χ1n) is 8.99. The van der Waals surface area contributed by atoms with Crippen LogP contribution in [0.5, 0.6) is 0 Å². The van der Waals surface area contributed by atoms with E-state index in [2.05, 4.69) is 25.1 Å². The van der Waals surface area contributed by atoms with Crippen molar-refractivity contribution in [2.45, 2.75) is 6.92 Å². The van der Waals surface area contributed by atoms with Gasteiger partial charge < -0.3 is 5.32 Å². The first-order valence-corrected chi connectivity index (χ1v) is 8.99. The third-order valence-electron chi connectivity index (χ3n) is 4.82. The summed E-state index contributed by atoms with van der Waals surface area (Å²) in [6.07, 6.45) is 1.73. The maximum absolute atomic E-state index is 12.8. The van der Waals surface area contributed by atoms with Gasteiger partial charge in [0.05, 0.1) is 28.4 Å². The van der Waals surface area contributed by atoms with E-state index in [-0.39, 0.29) is 5.91 Å². The van der Waals surface area contributed by atoms with Gasteiger partial charge in [-0.05, 0) is 43.3 Å². The number of fused-ring (bicyclic) bond motifs is 2. The molecule has 0 aliphatic carbocycles. The second-order valence-corrected chi connectivity index (χ2v) is 6.63. The van der Waals surface area contributed by atoms with Crippen molar-refractivity contribution in [1.29, 1.82) is 0 Å². The van der Waals surface area contributed by atoms with Crippen molar-refractivity contribution in [1.82, 2.24) is 19.7 Å². The van der Waals surface area contributed by atoms with Crippen LogP contribution in [0.25, 0.3) is 27.6 Å². The topological polar surface area (TPSA) is 75.6 Å². The van der Waals surface area contributed by atoms with Crippen LogP contribution >= 0.6 is 0 Å². The van der Waals surface area contributed by atoms with E-state index in [0.717, 1.165) is 33.4 Å². The molecular weight excluding hydrogens is 350 g/mol. The molecule has 0 atom stereocenters. The van der Waals surface area contributed by atoms with Crippen molar-refractivity contribution >= 4 is 33.5 Å². The molecule has 3 aromatic carbocycles. The van der Waals surface area contributed by atoms with Gasteiger partial charge in [0.2, 0.25) is 0 Å². The fourth-order valence-corrected chi connectivity index (χ4v) is 3.51. The maximum atomic E-state index is 12.8. The van der Waals surface area contributed by atoms with E-state index >= 15 is 0 Å². The zero-order chi connectivity index (χ0) is 19.1. The number of nitrogens with one attached hydrogen (secondary N) is 2. The number of hydrogen-bond acceptors (Lipinski definition) is 3. The summed E-state index contributed by atoms with van der Waals surface area (Å²) in [6.45, 7) is 1.96. The lowest BCUT2D eigenvalue weighted by atomic mass is 10.1. The van der Waals surface area contributed by atoms with Crippen molar-refractivity contribution in [3.63, 3.8) is 0 Å². The minimum absolute atomic E-state index is 0.184. The molecule has 0 fully saturated rings. The highest BCUT2D eigenvalue weighted by atomic mass is 16.1. The van der Waals surface area contributed by atoms with Crippen molar-refractivity contribution in [3.05, 3.63) is 84.3 Å². The summed E-state index contributed by atoms with van der Waals surface area (Å²) < 4.78 is 2.09. The molecule has 28 heavy (non-hydrogen) atoms. The Hall–Kier alpha value is -3.93. The standard InChI is InChI=1S/C22H17N5O/c1-14-24-19-12-15(10-11-20(19)27(14)17-7-3-2-4-8-17)22(28)25-18-9-5-6-16-13-23-26-21(16)18/h2-13H,1H3,(H,23,26)(H,25,28). The Morgan fingerprint density at radius 2 is 1.89 bits per heavy atom. The molecule has 0 spiro atoms. The summed E-state index contributed by atoms with van der Waals surface area (Å²) in [7, 11) is 0. The van der Waals surface area contributed by atoms with Gasteiger partial charge in [-0.1, -0.05) is 30.3 Å². The van der Waals surface area contributed by atoms with E-state index in [0.29, 0.717) is 11.3 Å². The Labute approximate surface area is 160 Å². The maximum Gasteiger partial charge on any atom is 0.255 e. The van der Waals surface area contributed by atoms with Crippen LogP contribution in [0, 0.1) is 6.92 Å². The van der Waals surface area contributed by atoms with Gasteiger partial charge in [-0.3, -0.25) is 14.5 Å². The molecule has 0 saturated heterocycles. The molecule has 0 aliphatic rings. The predicted molar refractivity (Wildman–Crippen MR) is 110 cm³/mol. The quantitative estimate of drug-likeness (QED) is 0.494. The van der Waals surface area contributed by atoms with Crippen LogP contribution in [0.3, 0.4) is 0 Å². The van der Waals surface area contributed by atoms with Gasteiger partial charge >= 0.3 is 0 Å². The Bertz CT molecular complexity index is 1320. The highest BCUT2D eigenvalue weighted by molar-refractivity contribution is 6.09. The smallest absolute Gasteiger partial charge is 0.255 e. The molecule has 2 aromatic heterocycles. The van der Waals surface area contributed by atoms with Crippen LogP contribution in [0.15, 0.2) is 72.9 Å². The molecule has 0 unspecified atom stereocenters. The van der Waals surface area contributed by atoms with Crippen LogP contribution in [-0.2, 0) is 0 Å². The van der Waals surface area contributed by atoms with E-state index in [1.165, 1.54) is 0 Å². The van der Waals surface area contributed by atoms with Gasteiger partial charge in [-0.25, -0.2) is 4.98 Å². The summed E-state index contributed by atoms with van der Waals surface area (Å²) in [6, 6.07) is 21.3. The number of hydrogen-bond donors (Lipinski definition) is 2. The average Bonchev–Trinajstić information content (AvgIpc) is 3.32. The highest BCUT2D eigenvalue weighted by Crippen LogP contribution is 2.24. The molecule has 6 nitrogen and oxygen atoms in total. The molecule has 0 radical (unpaired) electrons. The van der Waals surface area contributed by atoms with E-state index < -0.39 is 0 Å². The number of anilines is 1. The summed E-state index contributed by atoms with van der Waals surface area (Å²) >= 11 is 0. The van der Waals surface area contributed by atoms with Gasteiger partial charge in [0.1, 0.15) is 5.82 Å².